The number of carbonyl (C=O) groups is 4. The van der Waals surface area contributed by atoms with Gasteiger partial charge in [-0.15, -0.1) is 0 Å². The first-order valence-electron chi connectivity index (χ1n) is 11.0. The number of benzene rings is 3. The number of rotatable bonds is 14. The van der Waals surface area contributed by atoms with Crippen molar-refractivity contribution in [1.82, 2.24) is 0 Å². The van der Waals surface area contributed by atoms with Crippen LogP contribution in [0.25, 0.3) is 0 Å². The third-order valence-electron chi connectivity index (χ3n) is 4.94. The fourth-order valence-electron chi connectivity index (χ4n) is 3.18. The molecule has 4 N–H and O–H groups in total. The van der Waals surface area contributed by atoms with Crippen molar-refractivity contribution >= 4 is 23.9 Å². The van der Waals surface area contributed by atoms with Gasteiger partial charge < -0.3 is 39.4 Å². The lowest BCUT2D eigenvalue weighted by atomic mass is 10.1. The highest BCUT2D eigenvalue weighted by Crippen LogP contribution is 2.23. The van der Waals surface area contributed by atoms with Gasteiger partial charge in [0.15, 0.2) is 0 Å². The van der Waals surface area contributed by atoms with Crippen molar-refractivity contribution in [3.05, 3.63) is 82.9 Å². The molecule has 198 valence electrons. The summed E-state index contributed by atoms with van der Waals surface area (Å²) in [6.45, 7) is -0.102. The molecule has 0 aromatic heterocycles. The molecule has 0 saturated heterocycles. The highest BCUT2D eigenvalue weighted by Gasteiger charge is 2.16. The zero-order valence-electron chi connectivity index (χ0n) is 19.7. The number of ether oxygens (including phenoxy) is 4. The predicted octanol–water partition coefficient (Wildman–Crippen LogP) is 3.40. The van der Waals surface area contributed by atoms with Gasteiger partial charge >= 0.3 is 23.9 Å². The fraction of sp³-hybridized carbons (Fsp3) is 0.154. The first-order chi connectivity index (χ1) is 18.2. The summed E-state index contributed by atoms with van der Waals surface area (Å²) in [5.74, 6) is -4.35. The molecule has 12 heteroatoms. The first-order valence-corrected chi connectivity index (χ1v) is 11.0. The standard InChI is InChI=1S/C26H22O12/c27-23(28)15-4-6-19(25(31)32)21(12-15)37-10-8-35-17-2-1-3-18(14-17)36-9-11-38-22-13-16(24(29)30)5-7-20(22)26(33)34/h1-7,12-14H,8-11H2,(H,27,28)(H,29,30)(H,31,32)(H,33,34). The molecule has 0 aliphatic carbocycles. The quantitative estimate of drug-likeness (QED) is 0.225. The van der Waals surface area contributed by atoms with Gasteiger partial charge in [0, 0.05) is 6.07 Å². The van der Waals surface area contributed by atoms with E-state index in [1.54, 1.807) is 24.3 Å². The third-order valence-corrected chi connectivity index (χ3v) is 4.94. The molecule has 0 aliphatic rings. The molecule has 0 bridgehead atoms. The lowest BCUT2D eigenvalue weighted by Gasteiger charge is -2.13. The van der Waals surface area contributed by atoms with Crippen LogP contribution in [0.4, 0.5) is 0 Å². The molecular formula is C26H22O12. The van der Waals surface area contributed by atoms with Crippen LogP contribution >= 0.6 is 0 Å². The van der Waals surface area contributed by atoms with Crippen LogP contribution in [0.15, 0.2) is 60.7 Å². The molecule has 3 rings (SSSR count). The van der Waals surface area contributed by atoms with Crippen molar-refractivity contribution in [2.75, 3.05) is 26.4 Å². The molecule has 0 spiro atoms. The fourth-order valence-corrected chi connectivity index (χ4v) is 3.18. The molecule has 3 aromatic rings. The van der Waals surface area contributed by atoms with E-state index in [2.05, 4.69) is 0 Å². The SMILES string of the molecule is O=C(O)c1ccc(C(=O)O)c(OCCOc2cccc(OCCOc3cc(C(=O)O)ccc3C(=O)O)c2)c1. The number of carboxylic acids is 4. The van der Waals surface area contributed by atoms with Crippen LogP contribution in [0.3, 0.4) is 0 Å². The second-order valence-electron chi connectivity index (χ2n) is 7.51. The average Bonchev–Trinajstić information content (AvgIpc) is 2.88. The highest BCUT2D eigenvalue weighted by molar-refractivity contribution is 5.95. The summed E-state index contributed by atoms with van der Waals surface area (Å²) < 4.78 is 22.0. The average molecular weight is 526 g/mol. The van der Waals surface area contributed by atoms with E-state index in [1.165, 1.54) is 12.1 Å². The van der Waals surface area contributed by atoms with Crippen molar-refractivity contribution in [1.29, 1.82) is 0 Å². The van der Waals surface area contributed by atoms with E-state index in [-0.39, 0.29) is 60.2 Å². The van der Waals surface area contributed by atoms with Crippen LogP contribution in [0.5, 0.6) is 23.0 Å². The molecule has 38 heavy (non-hydrogen) atoms. The van der Waals surface area contributed by atoms with Gasteiger partial charge in [-0.1, -0.05) is 6.07 Å². The minimum absolute atomic E-state index is 0.0147. The summed E-state index contributed by atoms with van der Waals surface area (Å²) >= 11 is 0. The lowest BCUT2D eigenvalue weighted by Crippen LogP contribution is -2.13. The second kappa shape index (κ2) is 12.6. The Bertz CT molecular complexity index is 1250. The molecule has 0 fully saturated rings. The smallest absolute Gasteiger partial charge is 0.339 e. The third kappa shape index (κ3) is 7.37. The van der Waals surface area contributed by atoms with E-state index < -0.39 is 23.9 Å². The second-order valence-corrected chi connectivity index (χ2v) is 7.51. The lowest BCUT2D eigenvalue weighted by molar-refractivity contribution is 0.0676. The maximum atomic E-state index is 11.3. The maximum absolute atomic E-state index is 11.3. The summed E-state index contributed by atoms with van der Waals surface area (Å²) in [4.78, 5) is 45.0. The van der Waals surface area contributed by atoms with Gasteiger partial charge in [0.1, 0.15) is 60.6 Å². The number of hydrogen-bond donors (Lipinski definition) is 4. The van der Waals surface area contributed by atoms with Crippen molar-refractivity contribution in [2.45, 2.75) is 0 Å². The zero-order valence-corrected chi connectivity index (χ0v) is 19.7. The van der Waals surface area contributed by atoms with Crippen molar-refractivity contribution in [3.8, 4) is 23.0 Å². The van der Waals surface area contributed by atoms with Gasteiger partial charge in [0.25, 0.3) is 0 Å². The van der Waals surface area contributed by atoms with Crippen LogP contribution in [0, 0.1) is 0 Å². The van der Waals surface area contributed by atoms with Crippen LogP contribution in [-0.4, -0.2) is 70.7 Å². The minimum Gasteiger partial charge on any atom is -0.490 e. The molecule has 0 aliphatic heterocycles. The molecular weight excluding hydrogens is 504 g/mol. The molecule has 0 atom stereocenters. The maximum Gasteiger partial charge on any atom is 0.339 e. The normalized spacial score (nSPS) is 10.3. The molecule has 12 nitrogen and oxygen atoms in total. The summed E-state index contributed by atoms with van der Waals surface area (Å²) in [5, 5.41) is 36.7. The van der Waals surface area contributed by atoms with Crippen LogP contribution < -0.4 is 18.9 Å². The minimum atomic E-state index is -1.26. The van der Waals surface area contributed by atoms with Crippen molar-refractivity contribution in [2.24, 2.45) is 0 Å². The van der Waals surface area contributed by atoms with E-state index in [1.807, 2.05) is 0 Å². The Labute approximate surface area is 215 Å². The Morgan fingerprint density at radius 3 is 1.26 bits per heavy atom. The van der Waals surface area contributed by atoms with Crippen molar-refractivity contribution < 1.29 is 58.6 Å². The van der Waals surface area contributed by atoms with Crippen molar-refractivity contribution in [3.63, 3.8) is 0 Å². The predicted molar refractivity (Wildman–Crippen MR) is 129 cm³/mol. The van der Waals surface area contributed by atoms with Gasteiger partial charge in [-0.05, 0) is 48.5 Å². The Morgan fingerprint density at radius 1 is 0.500 bits per heavy atom. The topological polar surface area (TPSA) is 186 Å². The number of aromatic carboxylic acids is 4. The highest BCUT2D eigenvalue weighted by atomic mass is 16.5. The van der Waals surface area contributed by atoms with Crippen LogP contribution in [0.1, 0.15) is 41.4 Å². The van der Waals surface area contributed by atoms with Crippen LogP contribution in [-0.2, 0) is 0 Å². The van der Waals surface area contributed by atoms with Crippen LogP contribution in [0.2, 0.25) is 0 Å². The van der Waals surface area contributed by atoms with Gasteiger partial charge in [0.2, 0.25) is 0 Å². The number of carboxylic acid groups (broad SMARTS) is 4. The Balaban J connectivity index is 1.51. The van der Waals surface area contributed by atoms with E-state index in [0.717, 1.165) is 24.3 Å². The van der Waals surface area contributed by atoms with E-state index >= 15 is 0 Å². The Morgan fingerprint density at radius 2 is 0.895 bits per heavy atom. The van der Waals surface area contributed by atoms with E-state index in [4.69, 9.17) is 29.2 Å². The number of hydrogen-bond acceptors (Lipinski definition) is 8. The summed E-state index contributed by atoms with van der Waals surface area (Å²) in [6.07, 6.45) is 0. The molecule has 0 saturated carbocycles. The molecule has 0 heterocycles. The van der Waals surface area contributed by atoms with Gasteiger partial charge in [-0.2, -0.15) is 0 Å². The first kappa shape index (κ1) is 27.3. The van der Waals surface area contributed by atoms with Gasteiger partial charge in [-0.25, -0.2) is 19.2 Å². The summed E-state index contributed by atoms with van der Waals surface area (Å²) in [5.41, 5.74) is -0.599. The zero-order chi connectivity index (χ0) is 27.7. The Kier molecular flexibility index (Phi) is 9.08. The molecule has 3 aromatic carbocycles. The van der Waals surface area contributed by atoms with Gasteiger partial charge in [0.05, 0.1) is 11.1 Å². The summed E-state index contributed by atoms with van der Waals surface area (Å²) in [6, 6.07) is 13.4. The van der Waals surface area contributed by atoms with E-state index in [9.17, 15) is 29.4 Å². The van der Waals surface area contributed by atoms with E-state index in [0.29, 0.717) is 11.5 Å². The largest absolute Gasteiger partial charge is 0.490 e. The van der Waals surface area contributed by atoms with Gasteiger partial charge in [-0.3, -0.25) is 0 Å². The Hall–Kier alpha value is -5.26. The molecule has 0 radical (unpaired) electrons. The summed E-state index contributed by atoms with van der Waals surface area (Å²) in [7, 11) is 0. The monoisotopic (exact) mass is 526 g/mol. The molecule has 0 amide bonds. The molecule has 0 unspecified atom stereocenters.